The molecule has 4 heteroatoms. The molecule has 1 aromatic rings. The molecule has 92 valence electrons. The van der Waals surface area contributed by atoms with Crippen LogP contribution in [0.3, 0.4) is 0 Å². The summed E-state index contributed by atoms with van der Waals surface area (Å²) in [6.45, 7) is 4.07. The molecule has 1 rings (SSSR count). The topological polar surface area (TPSA) is 46.5 Å². The van der Waals surface area contributed by atoms with Crippen molar-refractivity contribution in [3.63, 3.8) is 0 Å². The highest BCUT2D eigenvalue weighted by molar-refractivity contribution is 6.32. The maximum Gasteiger partial charge on any atom is 0.328 e. The van der Waals surface area contributed by atoms with Crippen molar-refractivity contribution in [1.29, 1.82) is 0 Å². The molecule has 0 saturated carbocycles. The lowest BCUT2D eigenvalue weighted by Gasteiger charge is -2.13. The van der Waals surface area contributed by atoms with Gasteiger partial charge in [-0.25, -0.2) is 4.79 Å². The number of hydrogen-bond acceptors (Lipinski definition) is 2. The second-order valence-electron chi connectivity index (χ2n) is 3.93. The van der Waals surface area contributed by atoms with Gasteiger partial charge in [-0.05, 0) is 23.6 Å². The molecule has 0 aliphatic heterocycles. The number of ether oxygens (including phenoxy) is 1. The van der Waals surface area contributed by atoms with Crippen molar-refractivity contribution in [2.45, 2.75) is 13.8 Å². The number of para-hydroxylation sites is 1. The van der Waals surface area contributed by atoms with E-state index in [0.717, 1.165) is 5.57 Å². The molecule has 0 spiro atoms. The van der Waals surface area contributed by atoms with E-state index in [1.54, 1.807) is 12.1 Å². The number of carboxylic acid groups (broad SMARTS) is 1. The van der Waals surface area contributed by atoms with E-state index in [1.807, 2.05) is 26.0 Å². The maximum absolute atomic E-state index is 10.6. The lowest BCUT2D eigenvalue weighted by atomic mass is 10.0. The Morgan fingerprint density at radius 1 is 1.47 bits per heavy atom. The molecule has 1 N–H and O–H groups in total. The van der Waals surface area contributed by atoms with Crippen LogP contribution in [-0.2, 0) is 4.79 Å². The Bertz CT molecular complexity index is 424. The Hall–Kier alpha value is -1.48. The predicted octanol–water partition coefficient (Wildman–Crippen LogP) is 3.39. The molecule has 17 heavy (non-hydrogen) atoms. The smallest absolute Gasteiger partial charge is 0.328 e. The highest BCUT2D eigenvalue weighted by atomic mass is 35.5. The van der Waals surface area contributed by atoms with Gasteiger partial charge in [0.2, 0.25) is 0 Å². The standard InChI is InChI=1S/C13H15ClO3/c1-9(2)10(7-13(15)16)8-17-12-6-4-3-5-11(12)14/h3-7,9H,8H2,1-2H3,(H,15,16)/b10-7-. The van der Waals surface area contributed by atoms with Gasteiger partial charge in [-0.1, -0.05) is 37.6 Å². The van der Waals surface area contributed by atoms with Crippen molar-refractivity contribution in [2.24, 2.45) is 5.92 Å². The number of halogens is 1. The molecule has 0 unspecified atom stereocenters. The molecular weight excluding hydrogens is 240 g/mol. The normalized spacial score (nSPS) is 11.6. The molecule has 0 amide bonds. The quantitative estimate of drug-likeness (QED) is 0.820. The summed E-state index contributed by atoms with van der Waals surface area (Å²) < 4.78 is 5.50. The SMILES string of the molecule is CC(C)/C(=C\C(=O)O)COc1ccccc1Cl. The second-order valence-corrected chi connectivity index (χ2v) is 4.34. The highest BCUT2D eigenvalue weighted by Gasteiger charge is 2.08. The van der Waals surface area contributed by atoms with Gasteiger partial charge in [-0.15, -0.1) is 0 Å². The molecule has 0 radical (unpaired) electrons. The minimum Gasteiger partial charge on any atom is -0.488 e. The average molecular weight is 255 g/mol. The third-order valence-corrected chi connectivity index (χ3v) is 2.59. The number of hydrogen-bond donors (Lipinski definition) is 1. The summed E-state index contributed by atoms with van der Waals surface area (Å²) in [5.41, 5.74) is 0.720. The second kappa shape index (κ2) is 6.30. The van der Waals surface area contributed by atoms with Gasteiger partial charge in [0.15, 0.2) is 0 Å². The zero-order chi connectivity index (χ0) is 12.8. The van der Waals surface area contributed by atoms with Crippen molar-refractivity contribution in [2.75, 3.05) is 6.61 Å². The summed E-state index contributed by atoms with van der Waals surface area (Å²) in [6, 6.07) is 7.11. The summed E-state index contributed by atoms with van der Waals surface area (Å²) >= 11 is 5.93. The van der Waals surface area contributed by atoms with Crippen molar-refractivity contribution in [3.05, 3.63) is 40.9 Å². The van der Waals surface area contributed by atoms with Crippen LogP contribution in [0.15, 0.2) is 35.9 Å². The fraction of sp³-hybridized carbons (Fsp3) is 0.308. The predicted molar refractivity (Wildman–Crippen MR) is 67.5 cm³/mol. The monoisotopic (exact) mass is 254 g/mol. The number of carbonyl (C=O) groups is 1. The van der Waals surface area contributed by atoms with Gasteiger partial charge in [-0.3, -0.25) is 0 Å². The summed E-state index contributed by atoms with van der Waals surface area (Å²) in [5, 5.41) is 9.25. The molecule has 1 aromatic carbocycles. The fourth-order valence-electron chi connectivity index (χ4n) is 1.26. The van der Waals surface area contributed by atoms with E-state index in [-0.39, 0.29) is 12.5 Å². The van der Waals surface area contributed by atoms with Crippen LogP contribution in [0.25, 0.3) is 0 Å². The number of carboxylic acids is 1. The van der Waals surface area contributed by atoms with Crippen LogP contribution in [0.5, 0.6) is 5.75 Å². The third kappa shape index (κ3) is 4.49. The van der Waals surface area contributed by atoms with Gasteiger partial charge in [0.1, 0.15) is 12.4 Å². The Morgan fingerprint density at radius 2 is 2.12 bits per heavy atom. The molecule has 0 fully saturated rings. The summed E-state index contributed by atoms with van der Waals surface area (Å²) in [5.74, 6) is -0.281. The summed E-state index contributed by atoms with van der Waals surface area (Å²) in [6.07, 6.45) is 1.18. The molecular formula is C13H15ClO3. The molecule has 0 saturated heterocycles. The van der Waals surface area contributed by atoms with E-state index in [9.17, 15) is 4.79 Å². The minimum atomic E-state index is -0.962. The number of rotatable bonds is 5. The first kappa shape index (κ1) is 13.6. The fourth-order valence-corrected chi connectivity index (χ4v) is 1.45. The molecule has 0 atom stereocenters. The van der Waals surface area contributed by atoms with Gasteiger partial charge < -0.3 is 9.84 Å². The summed E-state index contributed by atoms with van der Waals surface area (Å²) in [4.78, 5) is 10.6. The largest absolute Gasteiger partial charge is 0.488 e. The van der Waals surface area contributed by atoms with Gasteiger partial charge in [0, 0.05) is 6.08 Å². The zero-order valence-corrected chi connectivity index (χ0v) is 10.6. The van der Waals surface area contributed by atoms with Crippen molar-refractivity contribution in [3.8, 4) is 5.75 Å². The van der Waals surface area contributed by atoms with Crippen molar-refractivity contribution >= 4 is 17.6 Å². The van der Waals surface area contributed by atoms with Crippen molar-refractivity contribution < 1.29 is 14.6 Å². The lowest BCUT2D eigenvalue weighted by molar-refractivity contribution is -0.131. The van der Waals surface area contributed by atoms with E-state index in [1.165, 1.54) is 6.08 Å². The first-order valence-corrected chi connectivity index (χ1v) is 5.69. The van der Waals surface area contributed by atoms with E-state index >= 15 is 0 Å². The first-order chi connectivity index (χ1) is 8.00. The molecule has 0 heterocycles. The molecule has 0 aromatic heterocycles. The average Bonchev–Trinajstić information content (AvgIpc) is 2.25. The van der Waals surface area contributed by atoms with Crippen LogP contribution < -0.4 is 4.74 Å². The molecule has 0 aliphatic rings. The Kier molecular flexibility index (Phi) is 5.04. The van der Waals surface area contributed by atoms with Crippen LogP contribution in [0.1, 0.15) is 13.8 Å². The van der Waals surface area contributed by atoms with Crippen molar-refractivity contribution in [1.82, 2.24) is 0 Å². The minimum absolute atomic E-state index is 0.119. The lowest BCUT2D eigenvalue weighted by Crippen LogP contribution is -2.09. The van der Waals surface area contributed by atoms with Crippen LogP contribution >= 0.6 is 11.6 Å². The van der Waals surface area contributed by atoms with Crippen LogP contribution in [0, 0.1) is 5.92 Å². The molecule has 3 nitrogen and oxygen atoms in total. The molecule has 0 aliphatic carbocycles. The van der Waals surface area contributed by atoms with E-state index in [2.05, 4.69) is 0 Å². The van der Waals surface area contributed by atoms with Crippen LogP contribution in [0.2, 0.25) is 5.02 Å². The Morgan fingerprint density at radius 3 is 2.65 bits per heavy atom. The summed E-state index contributed by atoms with van der Waals surface area (Å²) in [7, 11) is 0. The van der Waals surface area contributed by atoms with Gasteiger partial charge >= 0.3 is 5.97 Å². The first-order valence-electron chi connectivity index (χ1n) is 5.31. The number of aliphatic carboxylic acids is 1. The highest BCUT2D eigenvalue weighted by Crippen LogP contribution is 2.24. The van der Waals surface area contributed by atoms with Gasteiger partial charge in [-0.2, -0.15) is 0 Å². The Labute approximate surface area is 106 Å². The third-order valence-electron chi connectivity index (χ3n) is 2.28. The van der Waals surface area contributed by atoms with E-state index in [0.29, 0.717) is 10.8 Å². The Balaban J connectivity index is 2.71. The zero-order valence-electron chi connectivity index (χ0n) is 9.81. The molecule has 0 bridgehead atoms. The number of benzene rings is 1. The van der Waals surface area contributed by atoms with Gasteiger partial charge in [0.25, 0.3) is 0 Å². The van der Waals surface area contributed by atoms with Crippen LogP contribution in [-0.4, -0.2) is 17.7 Å². The van der Waals surface area contributed by atoms with E-state index < -0.39 is 5.97 Å². The van der Waals surface area contributed by atoms with E-state index in [4.69, 9.17) is 21.4 Å². The van der Waals surface area contributed by atoms with Gasteiger partial charge in [0.05, 0.1) is 5.02 Å². The maximum atomic E-state index is 10.6. The van der Waals surface area contributed by atoms with Crippen LogP contribution in [0.4, 0.5) is 0 Å².